The fourth-order valence-electron chi connectivity index (χ4n) is 4.48. The smallest absolute Gasteiger partial charge is 0.289 e. The van der Waals surface area contributed by atoms with Gasteiger partial charge in [0.2, 0.25) is 6.79 Å². The number of nitrogens with one attached hydrogen (secondary N) is 1. The molecular formula is C24H26N2O6S. The summed E-state index contributed by atoms with van der Waals surface area (Å²) >= 11 is 0. The molecule has 3 aromatic rings. The van der Waals surface area contributed by atoms with Crippen molar-refractivity contribution in [2.24, 2.45) is 0 Å². The van der Waals surface area contributed by atoms with Gasteiger partial charge in [0.15, 0.2) is 22.8 Å². The lowest BCUT2D eigenvalue weighted by Crippen LogP contribution is -2.35. The first kappa shape index (κ1) is 21.6. The second-order valence-electron chi connectivity index (χ2n) is 8.61. The molecule has 8 nitrogen and oxygen atoms in total. The van der Waals surface area contributed by atoms with E-state index in [0.29, 0.717) is 46.8 Å². The number of likely N-dealkylation sites (tertiary alicyclic amines) is 1. The molecule has 1 amide bonds. The maximum atomic E-state index is 13.5. The van der Waals surface area contributed by atoms with Gasteiger partial charge in [0.05, 0.1) is 5.69 Å². The van der Waals surface area contributed by atoms with Crippen molar-refractivity contribution in [3.8, 4) is 11.5 Å². The lowest BCUT2D eigenvalue weighted by atomic mass is 10.0. The molecule has 0 bridgehead atoms. The molecule has 0 unspecified atom stereocenters. The van der Waals surface area contributed by atoms with Crippen LogP contribution in [0.1, 0.15) is 46.5 Å². The molecule has 3 heterocycles. The third-order valence-electron chi connectivity index (χ3n) is 6.42. The number of furan rings is 1. The molecule has 0 atom stereocenters. The van der Waals surface area contributed by atoms with Crippen molar-refractivity contribution < 1.29 is 27.1 Å². The molecule has 2 aromatic carbocycles. The van der Waals surface area contributed by atoms with Gasteiger partial charge < -0.3 is 18.8 Å². The summed E-state index contributed by atoms with van der Waals surface area (Å²) in [7, 11) is -4.03. The van der Waals surface area contributed by atoms with Crippen LogP contribution in [-0.4, -0.2) is 39.1 Å². The highest BCUT2D eigenvalue weighted by Crippen LogP contribution is 2.38. The Hall–Kier alpha value is -3.20. The zero-order valence-corrected chi connectivity index (χ0v) is 19.7. The van der Waals surface area contributed by atoms with Crippen LogP contribution in [0.4, 0.5) is 5.69 Å². The van der Waals surface area contributed by atoms with Crippen LogP contribution in [0.2, 0.25) is 0 Å². The molecule has 1 saturated heterocycles. The second kappa shape index (κ2) is 7.98. The Morgan fingerprint density at radius 2 is 1.70 bits per heavy atom. The first-order valence-electron chi connectivity index (χ1n) is 11.0. The van der Waals surface area contributed by atoms with Crippen molar-refractivity contribution in [3.05, 3.63) is 46.7 Å². The number of hydrogen-bond donors (Lipinski definition) is 1. The molecule has 0 saturated carbocycles. The molecule has 2 aliphatic rings. The van der Waals surface area contributed by atoms with Crippen LogP contribution < -0.4 is 14.2 Å². The number of benzene rings is 2. The molecule has 5 rings (SSSR count). The SMILES string of the molecule is Cc1cc2c(C)c(C(=O)N3CCCCC3)oc2c(S(=O)(=O)Nc2ccc3c(c2)OCO3)c1C. The topological polar surface area (TPSA) is 98.1 Å². The van der Waals surface area contributed by atoms with E-state index in [1.54, 1.807) is 36.9 Å². The Labute approximate surface area is 192 Å². The van der Waals surface area contributed by atoms with E-state index in [1.807, 2.05) is 13.0 Å². The zero-order valence-electron chi connectivity index (χ0n) is 18.9. The fraction of sp³-hybridized carbons (Fsp3) is 0.375. The molecule has 1 fully saturated rings. The maximum absolute atomic E-state index is 13.5. The third kappa shape index (κ3) is 3.70. The van der Waals surface area contributed by atoms with Crippen molar-refractivity contribution in [2.75, 3.05) is 24.6 Å². The number of piperidine rings is 1. The number of sulfonamides is 1. The van der Waals surface area contributed by atoms with Gasteiger partial charge in [0.1, 0.15) is 4.90 Å². The van der Waals surface area contributed by atoms with Crippen molar-refractivity contribution in [2.45, 2.75) is 44.9 Å². The van der Waals surface area contributed by atoms with E-state index in [-0.39, 0.29) is 28.9 Å². The van der Waals surface area contributed by atoms with Gasteiger partial charge in [-0.05, 0) is 69.4 Å². The average Bonchev–Trinajstić information content (AvgIpc) is 3.38. The van der Waals surface area contributed by atoms with Crippen molar-refractivity contribution in [1.82, 2.24) is 4.90 Å². The molecule has 0 radical (unpaired) electrons. The summed E-state index contributed by atoms with van der Waals surface area (Å²) in [6, 6.07) is 6.74. The van der Waals surface area contributed by atoms with Crippen LogP contribution in [0.25, 0.3) is 11.0 Å². The number of rotatable bonds is 4. The van der Waals surface area contributed by atoms with Crippen LogP contribution in [-0.2, 0) is 10.0 Å². The molecular weight excluding hydrogens is 444 g/mol. The largest absolute Gasteiger partial charge is 0.454 e. The van der Waals surface area contributed by atoms with Crippen molar-refractivity contribution >= 4 is 32.6 Å². The molecule has 0 spiro atoms. The summed E-state index contributed by atoms with van der Waals surface area (Å²) in [4.78, 5) is 15.0. The van der Waals surface area contributed by atoms with Gasteiger partial charge in [-0.3, -0.25) is 9.52 Å². The number of aryl methyl sites for hydroxylation is 2. The first-order valence-corrected chi connectivity index (χ1v) is 12.5. The maximum Gasteiger partial charge on any atom is 0.289 e. The van der Waals surface area contributed by atoms with Crippen molar-refractivity contribution in [1.29, 1.82) is 0 Å². The second-order valence-corrected chi connectivity index (χ2v) is 10.2. The fourth-order valence-corrected chi connectivity index (χ4v) is 5.98. The van der Waals surface area contributed by atoms with Gasteiger partial charge in [-0.25, -0.2) is 8.42 Å². The first-order chi connectivity index (χ1) is 15.8. The summed E-state index contributed by atoms with van der Waals surface area (Å²) < 4.78 is 46.4. The van der Waals surface area contributed by atoms with Crippen molar-refractivity contribution in [3.63, 3.8) is 0 Å². The minimum atomic E-state index is -4.03. The predicted octanol–water partition coefficient (Wildman–Crippen LogP) is 4.51. The van der Waals surface area contributed by atoms with E-state index in [2.05, 4.69) is 4.72 Å². The van der Waals surface area contributed by atoms with E-state index >= 15 is 0 Å². The number of nitrogens with zero attached hydrogens (tertiary/aromatic N) is 1. The van der Waals surface area contributed by atoms with Gasteiger partial charge in [0.25, 0.3) is 15.9 Å². The van der Waals surface area contributed by atoms with Gasteiger partial charge in [-0.2, -0.15) is 0 Å². The van der Waals surface area contributed by atoms with Crippen LogP contribution in [0.3, 0.4) is 0 Å². The molecule has 1 N–H and O–H groups in total. The number of amides is 1. The number of carbonyl (C=O) groups is 1. The predicted molar refractivity (Wildman–Crippen MR) is 124 cm³/mol. The summed E-state index contributed by atoms with van der Waals surface area (Å²) in [5, 5.41) is 0.629. The van der Waals surface area contributed by atoms with Crippen LogP contribution in [0.15, 0.2) is 33.6 Å². The van der Waals surface area contributed by atoms with Gasteiger partial charge in [0, 0.05) is 30.1 Å². The van der Waals surface area contributed by atoms with Crippen LogP contribution in [0.5, 0.6) is 11.5 Å². The van der Waals surface area contributed by atoms with E-state index in [9.17, 15) is 13.2 Å². The average molecular weight is 471 g/mol. The summed E-state index contributed by atoms with van der Waals surface area (Å²) in [6.07, 6.45) is 3.03. The van der Waals surface area contributed by atoms with E-state index < -0.39 is 10.0 Å². The van der Waals surface area contributed by atoms with Gasteiger partial charge >= 0.3 is 0 Å². The highest BCUT2D eigenvalue weighted by atomic mass is 32.2. The third-order valence-corrected chi connectivity index (χ3v) is 7.96. The van der Waals surface area contributed by atoms with E-state index in [0.717, 1.165) is 24.8 Å². The Morgan fingerprint density at radius 3 is 2.45 bits per heavy atom. The highest BCUT2D eigenvalue weighted by Gasteiger charge is 2.30. The van der Waals surface area contributed by atoms with Gasteiger partial charge in [-0.15, -0.1) is 0 Å². The quantitative estimate of drug-likeness (QED) is 0.602. The monoisotopic (exact) mass is 470 g/mol. The number of hydrogen-bond acceptors (Lipinski definition) is 6. The lowest BCUT2D eigenvalue weighted by Gasteiger charge is -2.25. The Balaban J connectivity index is 1.59. The molecule has 9 heteroatoms. The zero-order chi connectivity index (χ0) is 23.3. The Morgan fingerprint density at radius 1 is 0.970 bits per heavy atom. The molecule has 0 aliphatic carbocycles. The number of carbonyl (C=O) groups excluding carboxylic acids is 1. The number of ether oxygens (including phenoxy) is 2. The highest BCUT2D eigenvalue weighted by molar-refractivity contribution is 7.93. The standard InChI is InChI=1S/C24H26N2O6S/c1-14-11-18-16(3)21(24(27)26-9-5-4-6-10-26)32-22(18)23(15(14)2)33(28,29)25-17-7-8-19-20(12-17)31-13-30-19/h7-8,11-12,25H,4-6,9-10,13H2,1-3H3. The van der Waals surface area contributed by atoms with E-state index in [4.69, 9.17) is 13.9 Å². The molecule has 33 heavy (non-hydrogen) atoms. The minimum Gasteiger partial charge on any atom is -0.454 e. The molecule has 1 aromatic heterocycles. The normalized spacial score (nSPS) is 15.8. The summed E-state index contributed by atoms with van der Waals surface area (Å²) in [5.41, 5.74) is 2.57. The van der Waals surface area contributed by atoms with Crippen LogP contribution >= 0.6 is 0 Å². The molecule has 2 aliphatic heterocycles. The Kier molecular flexibility index (Phi) is 5.23. The lowest BCUT2D eigenvalue weighted by molar-refractivity contribution is 0.0693. The minimum absolute atomic E-state index is 0.0379. The molecule has 174 valence electrons. The number of anilines is 1. The summed E-state index contributed by atoms with van der Waals surface area (Å²) in [6.45, 7) is 6.87. The summed E-state index contributed by atoms with van der Waals surface area (Å²) in [5.74, 6) is 1.06. The van der Waals surface area contributed by atoms with E-state index in [1.165, 1.54) is 0 Å². The van der Waals surface area contributed by atoms with Gasteiger partial charge in [-0.1, -0.05) is 0 Å². The number of fused-ring (bicyclic) bond motifs is 2. The Bertz CT molecular complexity index is 1370. The van der Waals surface area contributed by atoms with Crippen LogP contribution in [0, 0.1) is 20.8 Å².